The highest BCUT2D eigenvalue weighted by Gasteiger charge is 2.10. The highest BCUT2D eigenvalue weighted by molar-refractivity contribution is 6.07. The molecule has 0 atom stereocenters. The molecule has 79 valence electrons. The van der Waals surface area contributed by atoms with Gasteiger partial charge in [-0.3, -0.25) is 4.68 Å². The molecule has 0 unspecified atom stereocenters. The fourth-order valence-corrected chi connectivity index (χ4v) is 1.88. The lowest BCUT2D eigenvalue weighted by Gasteiger charge is -2.03. The molecule has 0 fully saturated rings. The highest BCUT2D eigenvalue weighted by Crippen LogP contribution is 2.27. The highest BCUT2D eigenvalue weighted by atomic mass is 19.1. The number of fused-ring (bicyclic) bond motifs is 3. The summed E-state index contributed by atoms with van der Waals surface area (Å²) in [4.78, 5) is 4.15. The summed E-state index contributed by atoms with van der Waals surface area (Å²) < 4.78 is 14.7. The second-order valence-electron chi connectivity index (χ2n) is 3.61. The molecule has 5 heteroatoms. The number of nitrogens with two attached hydrogens (primary N) is 1. The summed E-state index contributed by atoms with van der Waals surface area (Å²) >= 11 is 0. The predicted molar refractivity (Wildman–Crippen MR) is 59.2 cm³/mol. The second-order valence-corrected chi connectivity index (χ2v) is 3.61. The van der Waals surface area contributed by atoms with Crippen molar-refractivity contribution < 1.29 is 4.39 Å². The summed E-state index contributed by atoms with van der Waals surface area (Å²) in [7, 11) is 1.79. The van der Waals surface area contributed by atoms with Crippen LogP contribution in [-0.4, -0.2) is 14.8 Å². The van der Waals surface area contributed by atoms with E-state index in [-0.39, 0.29) is 0 Å². The summed E-state index contributed by atoms with van der Waals surface area (Å²) in [5.41, 5.74) is 7.09. The minimum absolute atomic E-state index is 0.355. The molecule has 0 saturated heterocycles. The maximum Gasteiger partial charge on any atom is 0.150 e. The molecular formula is C11H8FN4. The van der Waals surface area contributed by atoms with Gasteiger partial charge in [0.2, 0.25) is 0 Å². The molecule has 0 bridgehead atoms. The van der Waals surface area contributed by atoms with E-state index in [4.69, 9.17) is 5.73 Å². The smallest absolute Gasteiger partial charge is 0.150 e. The SMILES string of the molecule is Cn1ncc2c3c[c]c(F)cc3nc(N)c21. The standard InChI is InChI=1S/C11H8FN4/c1-16-10-8(5-14-16)7-3-2-6(12)4-9(7)15-11(10)13/h3-5H,1H3,(H2,13,15). The predicted octanol–water partition coefficient (Wildman–Crippen LogP) is 1.64. The quantitative estimate of drug-likeness (QED) is 0.620. The number of halogens is 1. The van der Waals surface area contributed by atoms with Crippen LogP contribution in [0.25, 0.3) is 21.8 Å². The molecule has 1 radical (unpaired) electrons. The van der Waals surface area contributed by atoms with Crippen LogP contribution >= 0.6 is 0 Å². The average molecular weight is 215 g/mol. The van der Waals surface area contributed by atoms with Gasteiger partial charge in [0.1, 0.15) is 17.2 Å². The average Bonchev–Trinajstić information content (AvgIpc) is 2.61. The third-order valence-electron chi connectivity index (χ3n) is 2.61. The lowest BCUT2D eigenvalue weighted by molar-refractivity contribution is 0.627. The number of nitrogens with zero attached hydrogens (tertiary/aromatic N) is 3. The van der Waals surface area contributed by atoms with Crippen LogP contribution in [0.5, 0.6) is 0 Å². The number of aromatic nitrogens is 3. The van der Waals surface area contributed by atoms with Gasteiger partial charge in [0.15, 0.2) is 0 Å². The van der Waals surface area contributed by atoms with Crippen molar-refractivity contribution in [1.29, 1.82) is 0 Å². The Morgan fingerprint density at radius 2 is 2.25 bits per heavy atom. The van der Waals surface area contributed by atoms with Gasteiger partial charge in [-0.15, -0.1) is 0 Å². The zero-order valence-corrected chi connectivity index (χ0v) is 8.53. The van der Waals surface area contributed by atoms with E-state index >= 15 is 0 Å². The van der Waals surface area contributed by atoms with Gasteiger partial charge in [-0.2, -0.15) is 5.10 Å². The molecule has 3 aromatic rings. The Morgan fingerprint density at radius 1 is 1.44 bits per heavy atom. The molecule has 2 heterocycles. The second kappa shape index (κ2) is 2.91. The van der Waals surface area contributed by atoms with Gasteiger partial charge >= 0.3 is 0 Å². The third-order valence-corrected chi connectivity index (χ3v) is 2.61. The number of rotatable bonds is 0. The van der Waals surface area contributed by atoms with E-state index in [2.05, 4.69) is 16.1 Å². The molecular weight excluding hydrogens is 207 g/mol. The molecule has 0 aliphatic carbocycles. The Labute approximate surface area is 90.5 Å². The molecule has 0 saturated carbocycles. The first-order valence-corrected chi connectivity index (χ1v) is 4.75. The first-order valence-electron chi connectivity index (χ1n) is 4.75. The van der Waals surface area contributed by atoms with Crippen LogP contribution in [0.4, 0.5) is 10.2 Å². The van der Waals surface area contributed by atoms with Crippen molar-refractivity contribution in [2.75, 3.05) is 5.73 Å². The van der Waals surface area contributed by atoms with Crippen molar-refractivity contribution in [1.82, 2.24) is 14.8 Å². The zero-order valence-electron chi connectivity index (χ0n) is 8.53. The van der Waals surface area contributed by atoms with Gasteiger partial charge in [-0.1, -0.05) is 0 Å². The number of anilines is 1. The van der Waals surface area contributed by atoms with Crippen LogP contribution in [0.2, 0.25) is 0 Å². The molecule has 1 aromatic carbocycles. The van der Waals surface area contributed by atoms with Gasteiger partial charge in [0.05, 0.1) is 11.7 Å². The van der Waals surface area contributed by atoms with E-state index in [9.17, 15) is 4.39 Å². The maximum absolute atomic E-state index is 13.0. The topological polar surface area (TPSA) is 56.7 Å². The van der Waals surface area contributed by atoms with E-state index in [1.54, 1.807) is 24.0 Å². The fraction of sp³-hybridized carbons (Fsp3) is 0.0909. The molecule has 0 aliphatic rings. The van der Waals surface area contributed by atoms with Gasteiger partial charge in [-0.05, 0) is 6.07 Å². The van der Waals surface area contributed by atoms with Crippen molar-refractivity contribution in [2.24, 2.45) is 7.05 Å². The summed E-state index contributed by atoms with van der Waals surface area (Å²) in [5.74, 6) is -0.0873. The molecule has 0 spiro atoms. The van der Waals surface area contributed by atoms with E-state index in [1.807, 2.05) is 0 Å². The molecule has 0 amide bonds. The summed E-state index contributed by atoms with van der Waals surface area (Å²) in [5, 5.41) is 5.78. The number of hydrogen-bond donors (Lipinski definition) is 1. The van der Waals surface area contributed by atoms with Gasteiger partial charge < -0.3 is 5.73 Å². The minimum Gasteiger partial charge on any atom is -0.382 e. The van der Waals surface area contributed by atoms with Crippen molar-refractivity contribution >= 4 is 27.6 Å². The summed E-state index contributed by atoms with van der Waals surface area (Å²) in [6, 6.07) is 5.40. The third kappa shape index (κ3) is 1.08. The molecule has 3 rings (SSSR count). The van der Waals surface area contributed by atoms with Crippen molar-refractivity contribution in [2.45, 2.75) is 0 Å². The Morgan fingerprint density at radius 3 is 3.06 bits per heavy atom. The van der Waals surface area contributed by atoms with Crippen LogP contribution in [0.3, 0.4) is 0 Å². The minimum atomic E-state index is -0.442. The first kappa shape index (κ1) is 9.08. The van der Waals surface area contributed by atoms with Crippen LogP contribution < -0.4 is 5.73 Å². The molecule has 0 aliphatic heterocycles. The number of aryl methyl sites for hydroxylation is 1. The largest absolute Gasteiger partial charge is 0.382 e. The number of benzene rings is 1. The number of hydrogen-bond acceptors (Lipinski definition) is 3. The number of nitrogen functional groups attached to an aromatic ring is 1. The monoisotopic (exact) mass is 215 g/mol. The van der Waals surface area contributed by atoms with Crippen LogP contribution in [0.1, 0.15) is 0 Å². The van der Waals surface area contributed by atoms with Crippen molar-refractivity contribution in [3.8, 4) is 0 Å². The van der Waals surface area contributed by atoms with Crippen LogP contribution in [0.15, 0.2) is 18.3 Å². The zero-order chi connectivity index (χ0) is 11.3. The molecule has 4 nitrogen and oxygen atoms in total. The van der Waals surface area contributed by atoms with E-state index in [0.29, 0.717) is 11.3 Å². The first-order chi connectivity index (χ1) is 7.66. The number of pyridine rings is 1. The summed E-state index contributed by atoms with van der Waals surface area (Å²) in [6.07, 6.45) is 1.70. The maximum atomic E-state index is 13.0. The Balaban J connectivity index is 2.59. The molecule has 2 N–H and O–H groups in total. The molecule has 2 aromatic heterocycles. The lowest BCUT2D eigenvalue weighted by Crippen LogP contribution is -1.98. The molecule has 16 heavy (non-hydrogen) atoms. The lowest BCUT2D eigenvalue weighted by atomic mass is 10.1. The van der Waals surface area contributed by atoms with E-state index < -0.39 is 5.82 Å². The Bertz CT molecular complexity index is 702. The summed E-state index contributed by atoms with van der Waals surface area (Å²) in [6.45, 7) is 0. The fourth-order valence-electron chi connectivity index (χ4n) is 1.88. The normalized spacial score (nSPS) is 11.4. The Kier molecular flexibility index (Phi) is 1.65. The van der Waals surface area contributed by atoms with E-state index in [1.165, 1.54) is 6.07 Å². The van der Waals surface area contributed by atoms with Gasteiger partial charge in [0, 0.05) is 30.0 Å². The Hall–Kier alpha value is -2.17. The van der Waals surface area contributed by atoms with Crippen molar-refractivity contribution in [3.63, 3.8) is 0 Å². The van der Waals surface area contributed by atoms with Crippen LogP contribution in [0, 0.1) is 11.9 Å². The van der Waals surface area contributed by atoms with E-state index in [0.717, 1.165) is 16.3 Å². The van der Waals surface area contributed by atoms with Gasteiger partial charge in [-0.25, -0.2) is 9.37 Å². The van der Waals surface area contributed by atoms with Crippen LogP contribution in [-0.2, 0) is 7.05 Å². The van der Waals surface area contributed by atoms with Crippen molar-refractivity contribution in [3.05, 3.63) is 30.2 Å². The van der Waals surface area contributed by atoms with Gasteiger partial charge in [0.25, 0.3) is 0 Å².